The normalized spacial score (nSPS) is 13.8. The second kappa shape index (κ2) is 11.0. The van der Waals surface area contributed by atoms with E-state index in [1.807, 2.05) is 37.3 Å². The molecule has 7 nitrogen and oxygen atoms in total. The van der Waals surface area contributed by atoms with Gasteiger partial charge in [0, 0.05) is 18.0 Å². The Bertz CT molecular complexity index is 1120. The number of anilines is 2. The number of fused-ring (bicyclic) bond motifs is 1. The van der Waals surface area contributed by atoms with Crippen molar-refractivity contribution in [3.05, 3.63) is 47.2 Å². The molecule has 0 aliphatic carbocycles. The van der Waals surface area contributed by atoms with Crippen LogP contribution in [0.15, 0.2) is 36.7 Å². The van der Waals surface area contributed by atoms with Gasteiger partial charge in [-0.2, -0.15) is 0 Å². The number of aromatic nitrogens is 2. The van der Waals surface area contributed by atoms with Crippen LogP contribution in [0.1, 0.15) is 24.8 Å². The zero-order valence-corrected chi connectivity index (χ0v) is 20.4. The molecule has 0 spiro atoms. The van der Waals surface area contributed by atoms with Crippen LogP contribution in [0.3, 0.4) is 0 Å². The number of nitrogens with one attached hydrogen (secondary N) is 2. The van der Waals surface area contributed by atoms with Crippen LogP contribution in [0.5, 0.6) is 11.5 Å². The molecule has 0 bridgehead atoms. The first-order chi connectivity index (χ1) is 16.0. The third kappa shape index (κ3) is 5.82. The quantitative estimate of drug-likeness (QED) is 0.330. The molecule has 1 aromatic heterocycles. The Balaban J connectivity index is 1.47. The first kappa shape index (κ1) is 23.5. The van der Waals surface area contributed by atoms with Gasteiger partial charge in [0.05, 0.1) is 29.9 Å². The van der Waals surface area contributed by atoms with Gasteiger partial charge in [-0.3, -0.25) is 0 Å². The Labute approximate surface area is 204 Å². The maximum Gasteiger partial charge on any atom is 0.176 e. The summed E-state index contributed by atoms with van der Waals surface area (Å²) < 4.78 is 11.6. The molecular weight excluding hydrogens is 458 g/mol. The molecule has 2 aromatic carbocycles. The lowest BCUT2D eigenvalue weighted by Gasteiger charge is -2.17. The minimum Gasteiger partial charge on any atom is -0.493 e. The lowest BCUT2D eigenvalue weighted by Crippen LogP contribution is -2.22. The van der Waals surface area contributed by atoms with E-state index in [9.17, 15) is 0 Å². The van der Waals surface area contributed by atoms with Crippen LogP contribution in [0.2, 0.25) is 5.02 Å². The second-order valence-electron chi connectivity index (χ2n) is 8.00. The molecule has 0 unspecified atom stereocenters. The van der Waals surface area contributed by atoms with Crippen LogP contribution < -0.4 is 20.1 Å². The summed E-state index contributed by atoms with van der Waals surface area (Å²) in [5.41, 5.74) is 2.49. The number of ether oxygens (including phenoxy) is 2. The minimum atomic E-state index is 0.382. The van der Waals surface area contributed by atoms with Gasteiger partial charge in [-0.1, -0.05) is 23.7 Å². The second-order valence-corrected chi connectivity index (χ2v) is 8.82. The molecule has 0 saturated carbocycles. The minimum absolute atomic E-state index is 0.382. The number of aryl methyl sites for hydroxylation is 1. The van der Waals surface area contributed by atoms with Crippen molar-refractivity contribution in [3.8, 4) is 11.5 Å². The van der Waals surface area contributed by atoms with Gasteiger partial charge < -0.3 is 25.0 Å². The number of nitrogens with zero attached hydrogens (tertiary/aromatic N) is 3. The van der Waals surface area contributed by atoms with Gasteiger partial charge in [0.15, 0.2) is 16.6 Å². The Morgan fingerprint density at radius 2 is 1.97 bits per heavy atom. The van der Waals surface area contributed by atoms with Gasteiger partial charge in [0.1, 0.15) is 12.1 Å². The summed E-state index contributed by atoms with van der Waals surface area (Å²) >= 11 is 11.8. The molecule has 0 atom stereocenters. The molecule has 0 radical (unpaired) electrons. The van der Waals surface area contributed by atoms with Gasteiger partial charge in [-0.15, -0.1) is 0 Å². The number of benzene rings is 2. The maximum absolute atomic E-state index is 6.31. The first-order valence-electron chi connectivity index (χ1n) is 11.1. The van der Waals surface area contributed by atoms with Crippen molar-refractivity contribution in [1.29, 1.82) is 0 Å². The van der Waals surface area contributed by atoms with E-state index in [-0.39, 0.29) is 0 Å². The molecule has 174 valence electrons. The standard InChI is InChI=1S/C24H28ClN5O2S/c1-16-7-5-8-18(25)22(16)28-24(33)29-23-17-13-20(31-2)21(14-19(17)26-15-27-23)32-12-6-11-30-9-3-4-10-30/h5,7-8,13-15H,3-4,6,9-12H2,1-2H3,(H2,26,27,28,29,33). The third-order valence-corrected chi connectivity index (χ3v) is 6.21. The van der Waals surface area contributed by atoms with Crippen molar-refractivity contribution in [2.24, 2.45) is 0 Å². The van der Waals surface area contributed by atoms with Crippen LogP contribution in [-0.2, 0) is 0 Å². The fraction of sp³-hybridized carbons (Fsp3) is 0.375. The Hall–Kier alpha value is -2.68. The van der Waals surface area contributed by atoms with E-state index in [1.54, 1.807) is 7.11 Å². The summed E-state index contributed by atoms with van der Waals surface area (Å²) in [4.78, 5) is 11.3. The van der Waals surface area contributed by atoms with E-state index in [1.165, 1.54) is 32.3 Å². The molecule has 9 heteroatoms. The fourth-order valence-electron chi connectivity index (χ4n) is 3.96. The summed E-state index contributed by atoms with van der Waals surface area (Å²) in [5.74, 6) is 1.87. The van der Waals surface area contributed by atoms with E-state index in [0.717, 1.165) is 35.1 Å². The fourth-order valence-corrected chi connectivity index (χ4v) is 4.42. The molecule has 2 heterocycles. The Morgan fingerprint density at radius 3 is 2.73 bits per heavy atom. The number of rotatable bonds is 8. The highest BCUT2D eigenvalue weighted by atomic mass is 35.5. The Kier molecular flexibility index (Phi) is 7.80. The van der Waals surface area contributed by atoms with Crippen molar-refractivity contribution < 1.29 is 9.47 Å². The predicted molar refractivity (Wildman–Crippen MR) is 138 cm³/mol. The largest absolute Gasteiger partial charge is 0.493 e. The van der Waals surface area contributed by atoms with E-state index < -0.39 is 0 Å². The number of thiocarbonyl (C=S) groups is 1. The summed E-state index contributed by atoms with van der Waals surface area (Å²) in [7, 11) is 1.63. The van der Waals surface area contributed by atoms with Crippen LogP contribution in [0.4, 0.5) is 11.5 Å². The number of hydrogen-bond acceptors (Lipinski definition) is 6. The van der Waals surface area contributed by atoms with E-state index in [4.69, 9.17) is 33.3 Å². The van der Waals surface area contributed by atoms with Crippen LogP contribution >= 0.6 is 23.8 Å². The number of halogens is 1. The zero-order chi connectivity index (χ0) is 23.2. The lowest BCUT2D eigenvalue weighted by molar-refractivity contribution is 0.254. The van der Waals surface area contributed by atoms with Gasteiger partial charge in [0.25, 0.3) is 0 Å². The monoisotopic (exact) mass is 485 g/mol. The highest BCUT2D eigenvalue weighted by Gasteiger charge is 2.14. The molecule has 1 saturated heterocycles. The lowest BCUT2D eigenvalue weighted by atomic mass is 10.2. The van der Waals surface area contributed by atoms with Gasteiger partial charge in [-0.05, 0) is 69.2 Å². The molecule has 3 aromatic rings. The molecule has 1 aliphatic heterocycles. The zero-order valence-electron chi connectivity index (χ0n) is 18.9. The molecule has 1 aliphatic rings. The first-order valence-corrected chi connectivity index (χ1v) is 11.8. The number of hydrogen-bond donors (Lipinski definition) is 2. The summed E-state index contributed by atoms with van der Waals surface area (Å²) in [6.45, 7) is 6.03. The van der Waals surface area contributed by atoms with Crippen molar-refractivity contribution in [3.63, 3.8) is 0 Å². The molecule has 0 amide bonds. The summed E-state index contributed by atoms with van der Waals surface area (Å²) in [5, 5.41) is 8.06. The Morgan fingerprint density at radius 1 is 1.15 bits per heavy atom. The highest BCUT2D eigenvalue weighted by Crippen LogP contribution is 2.34. The van der Waals surface area contributed by atoms with Crippen LogP contribution in [0.25, 0.3) is 10.9 Å². The van der Waals surface area contributed by atoms with Crippen molar-refractivity contribution in [2.75, 3.05) is 44.0 Å². The van der Waals surface area contributed by atoms with Gasteiger partial charge in [0.2, 0.25) is 0 Å². The third-order valence-electron chi connectivity index (χ3n) is 5.69. The van der Waals surface area contributed by atoms with Gasteiger partial charge in [-0.25, -0.2) is 9.97 Å². The van der Waals surface area contributed by atoms with Crippen LogP contribution in [-0.4, -0.2) is 53.3 Å². The molecule has 2 N–H and O–H groups in total. The highest BCUT2D eigenvalue weighted by molar-refractivity contribution is 7.80. The molecule has 1 fully saturated rings. The molecule has 4 rings (SSSR count). The maximum atomic E-state index is 6.31. The number of likely N-dealkylation sites (tertiary alicyclic amines) is 1. The average Bonchev–Trinajstić information content (AvgIpc) is 3.32. The van der Waals surface area contributed by atoms with E-state index >= 15 is 0 Å². The topological polar surface area (TPSA) is 71.5 Å². The average molecular weight is 486 g/mol. The summed E-state index contributed by atoms with van der Waals surface area (Å²) in [6.07, 6.45) is 5.07. The van der Waals surface area contributed by atoms with E-state index in [2.05, 4.69) is 25.5 Å². The molecule has 33 heavy (non-hydrogen) atoms. The van der Waals surface area contributed by atoms with Crippen molar-refractivity contribution >= 4 is 51.3 Å². The smallest absolute Gasteiger partial charge is 0.176 e. The number of methoxy groups -OCH3 is 1. The van der Waals surface area contributed by atoms with Crippen LogP contribution in [0, 0.1) is 6.92 Å². The van der Waals surface area contributed by atoms with Crippen molar-refractivity contribution in [2.45, 2.75) is 26.2 Å². The number of para-hydroxylation sites is 1. The van der Waals surface area contributed by atoms with Gasteiger partial charge >= 0.3 is 0 Å². The summed E-state index contributed by atoms with van der Waals surface area (Å²) in [6, 6.07) is 9.43. The SMILES string of the molecule is COc1cc2c(NC(=S)Nc3c(C)cccc3Cl)ncnc2cc1OCCCN1CCCC1. The van der Waals surface area contributed by atoms with E-state index in [0.29, 0.717) is 34.1 Å². The predicted octanol–water partition coefficient (Wildman–Crippen LogP) is 5.27. The van der Waals surface area contributed by atoms with Crippen molar-refractivity contribution in [1.82, 2.24) is 14.9 Å². The molecular formula is C24H28ClN5O2S.